The van der Waals surface area contributed by atoms with Crippen LogP contribution >= 0.6 is 11.6 Å². The SMILES string of the molecule is N#CN1c2ccccc2CC(Cl)c2ccccc21. The minimum atomic E-state index is -0.0966. The second kappa shape index (κ2) is 4.36. The molecule has 0 saturated carbocycles. The molecule has 2 nitrogen and oxygen atoms in total. The molecule has 1 unspecified atom stereocenters. The van der Waals surface area contributed by atoms with Crippen LogP contribution in [0.15, 0.2) is 48.5 Å². The molecule has 18 heavy (non-hydrogen) atoms. The number of hydrogen-bond donors (Lipinski definition) is 0. The van der Waals surface area contributed by atoms with Gasteiger partial charge in [-0.25, -0.2) is 4.90 Å². The van der Waals surface area contributed by atoms with Gasteiger partial charge in [-0.3, -0.25) is 0 Å². The smallest absolute Gasteiger partial charge is 0.189 e. The Labute approximate surface area is 111 Å². The fraction of sp³-hybridized carbons (Fsp3) is 0.133. The van der Waals surface area contributed by atoms with Gasteiger partial charge in [0.15, 0.2) is 6.19 Å². The summed E-state index contributed by atoms with van der Waals surface area (Å²) in [6.45, 7) is 0. The van der Waals surface area contributed by atoms with E-state index in [4.69, 9.17) is 11.6 Å². The van der Waals surface area contributed by atoms with Crippen molar-refractivity contribution in [3.63, 3.8) is 0 Å². The molecule has 0 spiro atoms. The van der Waals surface area contributed by atoms with Crippen molar-refractivity contribution in [1.82, 2.24) is 0 Å². The number of fused-ring (bicyclic) bond motifs is 2. The fourth-order valence-corrected chi connectivity index (χ4v) is 2.75. The number of para-hydroxylation sites is 2. The molecule has 2 aromatic rings. The van der Waals surface area contributed by atoms with Crippen molar-refractivity contribution in [3.05, 3.63) is 59.7 Å². The van der Waals surface area contributed by atoms with E-state index in [1.165, 1.54) is 0 Å². The molecule has 3 heteroatoms. The lowest BCUT2D eigenvalue weighted by atomic mass is 10.0. The first-order valence-corrected chi connectivity index (χ1v) is 6.25. The molecular formula is C15H11ClN2. The number of nitriles is 1. The molecule has 1 atom stereocenters. The lowest BCUT2D eigenvalue weighted by Crippen LogP contribution is -2.10. The molecular weight excluding hydrogens is 244 g/mol. The second-order valence-corrected chi connectivity index (χ2v) is 4.82. The van der Waals surface area contributed by atoms with Gasteiger partial charge in [0, 0.05) is 0 Å². The molecule has 0 N–H and O–H groups in total. The first kappa shape index (κ1) is 11.1. The van der Waals surface area contributed by atoms with Crippen LogP contribution in [0.3, 0.4) is 0 Å². The maximum atomic E-state index is 9.43. The third-order valence-corrected chi connectivity index (χ3v) is 3.64. The van der Waals surface area contributed by atoms with Crippen molar-refractivity contribution < 1.29 is 0 Å². The monoisotopic (exact) mass is 254 g/mol. The lowest BCUT2D eigenvalue weighted by molar-refractivity contribution is 0.935. The van der Waals surface area contributed by atoms with Crippen molar-refractivity contribution in [2.75, 3.05) is 4.90 Å². The van der Waals surface area contributed by atoms with Gasteiger partial charge in [-0.15, -0.1) is 11.6 Å². The predicted molar refractivity (Wildman–Crippen MR) is 72.9 cm³/mol. The largest absolute Gasteiger partial charge is 0.247 e. The van der Waals surface area contributed by atoms with Crippen LogP contribution in [0.2, 0.25) is 0 Å². The first-order valence-electron chi connectivity index (χ1n) is 5.82. The van der Waals surface area contributed by atoms with E-state index in [0.717, 1.165) is 28.9 Å². The van der Waals surface area contributed by atoms with E-state index in [1.807, 2.05) is 48.5 Å². The number of alkyl halides is 1. The average Bonchev–Trinajstić information content (AvgIpc) is 2.53. The van der Waals surface area contributed by atoms with Crippen LogP contribution in [-0.4, -0.2) is 0 Å². The van der Waals surface area contributed by atoms with Gasteiger partial charge < -0.3 is 0 Å². The molecule has 2 aromatic carbocycles. The molecule has 0 radical (unpaired) electrons. The van der Waals surface area contributed by atoms with Crippen LogP contribution in [0.4, 0.5) is 11.4 Å². The molecule has 0 fully saturated rings. The summed E-state index contributed by atoms with van der Waals surface area (Å²) < 4.78 is 0. The summed E-state index contributed by atoms with van der Waals surface area (Å²) >= 11 is 6.47. The third kappa shape index (κ3) is 1.64. The zero-order chi connectivity index (χ0) is 12.5. The zero-order valence-corrected chi connectivity index (χ0v) is 10.4. The van der Waals surface area contributed by atoms with E-state index in [9.17, 15) is 5.26 Å². The summed E-state index contributed by atoms with van der Waals surface area (Å²) in [4.78, 5) is 1.66. The van der Waals surface area contributed by atoms with Crippen LogP contribution in [0.5, 0.6) is 0 Å². The van der Waals surface area contributed by atoms with Crippen LogP contribution in [0, 0.1) is 11.5 Å². The third-order valence-electron chi connectivity index (χ3n) is 3.25. The van der Waals surface area contributed by atoms with Crippen LogP contribution in [0.25, 0.3) is 0 Å². The molecule has 1 heterocycles. The van der Waals surface area contributed by atoms with Crippen molar-refractivity contribution in [1.29, 1.82) is 5.26 Å². The van der Waals surface area contributed by atoms with E-state index in [0.29, 0.717) is 0 Å². The highest BCUT2D eigenvalue weighted by Gasteiger charge is 2.24. The highest BCUT2D eigenvalue weighted by Crippen LogP contribution is 2.41. The maximum absolute atomic E-state index is 9.43. The van der Waals surface area contributed by atoms with E-state index >= 15 is 0 Å². The Kier molecular flexibility index (Phi) is 2.70. The summed E-state index contributed by atoms with van der Waals surface area (Å²) in [6, 6.07) is 15.7. The summed E-state index contributed by atoms with van der Waals surface area (Å²) in [7, 11) is 0. The zero-order valence-electron chi connectivity index (χ0n) is 9.68. The molecule has 0 saturated heterocycles. The molecule has 3 rings (SSSR count). The molecule has 1 aliphatic heterocycles. The number of rotatable bonds is 0. The highest BCUT2D eigenvalue weighted by molar-refractivity contribution is 6.21. The molecule has 0 aliphatic carbocycles. The number of benzene rings is 2. The van der Waals surface area contributed by atoms with E-state index in [-0.39, 0.29) is 5.38 Å². The number of halogens is 1. The van der Waals surface area contributed by atoms with E-state index in [1.54, 1.807) is 4.90 Å². The lowest BCUT2D eigenvalue weighted by Gasteiger charge is -2.18. The Balaban J connectivity index is 2.27. The van der Waals surface area contributed by atoms with Gasteiger partial charge in [0.1, 0.15) is 0 Å². The van der Waals surface area contributed by atoms with Gasteiger partial charge in [-0.1, -0.05) is 36.4 Å². The molecule has 88 valence electrons. The molecule has 1 aliphatic rings. The number of nitrogens with zero attached hydrogens (tertiary/aromatic N) is 2. The van der Waals surface area contributed by atoms with E-state index in [2.05, 4.69) is 6.19 Å². The molecule has 0 amide bonds. The van der Waals surface area contributed by atoms with Crippen molar-refractivity contribution in [2.24, 2.45) is 0 Å². The molecule has 0 aromatic heterocycles. The number of hydrogen-bond acceptors (Lipinski definition) is 2. The summed E-state index contributed by atoms with van der Waals surface area (Å²) in [6.07, 6.45) is 2.99. The maximum Gasteiger partial charge on any atom is 0.189 e. The van der Waals surface area contributed by atoms with E-state index < -0.39 is 0 Å². The number of anilines is 2. The Morgan fingerprint density at radius 1 is 1.06 bits per heavy atom. The Morgan fingerprint density at radius 2 is 1.72 bits per heavy atom. The van der Waals surface area contributed by atoms with Crippen molar-refractivity contribution in [3.8, 4) is 6.19 Å². The van der Waals surface area contributed by atoms with Gasteiger partial charge in [-0.2, -0.15) is 5.26 Å². The standard InChI is InChI=1S/C15H11ClN2/c16-13-9-11-5-1-3-7-14(11)18(10-17)15-8-4-2-6-12(13)15/h1-8,13H,9H2. The van der Waals surface area contributed by atoms with Gasteiger partial charge in [0.25, 0.3) is 0 Å². The van der Waals surface area contributed by atoms with Crippen LogP contribution in [0.1, 0.15) is 16.5 Å². The summed E-state index contributed by atoms with van der Waals surface area (Å²) in [5.74, 6) is 0. The Hall–Kier alpha value is -1.98. The van der Waals surface area contributed by atoms with Gasteiger partial charge in [0.05, 0.1) is 16.8 Å². The van der Waals surface area contributed by atoms with Crippen LogP contribution in [-0.2, 0) is 6.42 Å². The van der Waals surface area contributed by atoms with Gasteiger partial charge in [0.2, 0.25) is 0 Å². The van der Waals surface area contributed by atoms with Crippen molar-refractivity contribution >= 4 is 23.0 Å². The normalized spacial score (nSPS) is 17.3. The fourth-order valence-electron chi connectivity index (χ4n) is 2.40. The quantitative estimate of drug-likeness (QED) is 0.522. The Morgan fingerprint density at radius 3 is 2.50 bits per heavy atom. The molecule has 0 bridgehead atoms. The second-order valence-electron chi connectivity index (χ2n) is 4.29. The summed E-state index contributed by atoms with van der Waals surface area (Å²) in [5.41, 5.74) is 3.92. The van der Waals surface area contributed by atoms with Gasteiger partial charge >= 0.3 is 0 Å². The summed E-state index contributed by atoms with van der Waals surface area (Å²) in [5, 5.41) is 9.33. The average molecular weight is 255 g/mol. The highest BCUT2D eigenvalue weighted by atomic mass is 35.5. The van der Waals surface area contributed by atoms with Crippen molar-refractivity contribution in [2.45, 2.75) is 11.8 Å². The first-order chi connectivity index (χ1) is 8.81. The minimum Gasteiger partial charge on any atom is -0.247 e. The predicted octanol–water partition coefficient (Wildman–Crippen LogP) is 4.14. The topological polar surface area (TPSA) is 27.0 Å². The van der Waals surface area contributed by atoms with Gasteiger partial charge in [-0.05, 0) is 29.7 Å². The minimum absolute atomic E-state index is 0.0966. The Bertz CT molecular complexity index is 630. The van der Waals surface area contributed by atoms with Crippen LogP contribution < -0.4 is 4.90 Å².